The van der Waals surface area contributed by atoms with Gasteiger partial charge in [0.1, 0.15) is 0 Å². The molecule has 0 fully saturated rings. The predicted octanol–water partition coefficient (Wildman–Crippen LogP) is 3.13. The standard InChI is InChI=1S/C20H26ClFN2O4/c1-25-15-7-5-11(17(21)19(15)27-3)9-14(24)13(10-23)12-6-8-16(26-2)20(28-4)18(12)22/h5-8,13-14H,9-10,23-24H2,1-4H3. The zero-order chi connectivity index (χ0) is 20.8. The van der Waals surface area contributed by atoms with Gasteiger partial charge in [-0.05, 0) is 29.7 Å². The second kappa shape index (κ2) is 9.82. The summed E-state index contributed by atoms with van der Waals surface area (Å²) in [5, 5.41) is 0.404. The fraction of sp³-hybridized carbons (Fsp3) is 0.400. The lowest BCUT2D eigenvalue weighted by Crippen LogP contribution is -2.36. The molecule has 0 bridgehead atoms. The summed E-state index contributed by atoms with van der Waals surface area (Å²) in [6, 6.07) is 6.32. The fourth-order valence-electron chi connectivity index (χ4n) is 3.21. The van der Waals surface area contributed by atoms with E-state index in [1.54, 1.807) is 18.2 Å². The molecule has 0 amide bonds. The van der Waals surface area contributed by atoms with Crippen LogP contribution in [0.25, 0.3) is 0 Å². The third-order valence-corrected chi connectivity index (χ3v) is 5.12. The number of ether oxygens (including phenoxy) is 4. The van der Waals surface area contributed by atoms with Crippen molar-refractivity contribution in [3.8, 4) is 23.0 Å². The minimum atomic E-state index is -0.536. The maximum Gasteiger partial charge on any atom is 0.197 e. The van der Waals surface area contributed by atoms with E-state index in [1.807, 2.05) is 6.07 Å². The largest absolute Gasteiger partial charge is 0.493 e. The smallest absolute Gasteiger partial charge is 0.197 e. The van der Waals surface area contributed by atoms with Crippen molar-refractivity contribution in [1.82, 2.24) is 0 Å². The van der Waals surface area contributed by atoms with Crippen LogP contribution in [0.15, 0.2) is 24.3 Å². The maximum absolute atomic E-state index is 15.0. The molecule has 2 aromatic carbocycles. The summed E-state index contributed by atoms with van der Waals surface area (Å²) in [5.74, 6) is 0.280. The second-order valence-electron chi connectivity index (χ2n) is 6.19. The molecule has 0 saturated carbocycles. The third kappa shape index (κ3) is 4.27. The van der Waals surface area contributed by atoms with Crippen LogP contribution < -0.4 is 30.4 Å². The number of methoxy groups -OCH3 is 4. The van der Waals surface area contributed by atoms with Crippen LogP contribution in [0.4, 0.5) is 4.39 Å². The Hall–Kier alpha value is -2.22. The molecule has 154 valence electrons. The molecule has 0 radical (unpaired) electrons. The molecule has 6 nitrogen and oxygen atoms in total. The first-order chi connectivity index (χ1) is 13.4. The first kappa shape index (κ1) is 22.1. The SMILES string of the molecule is COc1ccc(C(CN)C(N)Cc2ccc(OC)c(OC)c2Cl)c(F)c1OC. The predicted molar refractivity (Wildman–Crippen MR) is 108 cm³/mol. The molecule has 2 aromatic rings. The fourth-order valence-corrected chi connectivity index (χ4v) is 3.52. The Kier molecular flexibility index (Phi) is 7.74. The Balaban J connectivity index is 2.36. The third-order valence-electron chi connectivity index (χ3n) is 4.71. The number of hydrogen-bond donors (Lipinski definition) is 2. The number of hydrogen-bond acceptors (Lipinski definition) is 6. The monoisotopic (exact) mass is 412 g/mol. The maximum atomic E-state index is 15.0. The normalized spacial score (nSPS) is 13.0. The molecular formula is C20H26ClFN2O4. The molecule has 4 N–H and O–H groups in total. The van der Waals surface area contributed by atoms with Gasteiger partial charge in [-0.15, -0.1) is 0 Å². The summed E-state index contributed by atoms with van der Waals surface area (Å²) in [4.78, 5) is 0. The molecular weight excluding hydrogens is 387 g/mol. The first-order valence-corrected chi connectivity index (χ1v) is 9.06. The van der Waals surface area contributed by atoms with Crippen molar-refractivity contribution in [3.05, 3.63) is 46.2 Å². The van der Waals surface area contributed by atoms with E-state index >= 15 is 0 Å². The van der Waals surface area contributed by atoms with Gasteiger partial charge in [0.2, 0.25) is 0 Å². The summed E-state index contributed by atoms with van der Waals surface area (Å²) in [7, 11) is 5.87. The van der Waals surface area contributed by atoms with Gasteiger partial charge in [0.25, 0.3) is 0 Å². The van der Waals surface area contributed by atoms with Crippen LogP contribution in [-0.4, -0.2) is 41.0 Å². The van der Waals surface area contributed by atoms with Crippen molar-refractivity contribution in [2.45, 2.75) is 18.4 Å². The summed E-state index contributed by atoms with van der Waals surface area (Å²) < 4.78 is 35.8. The van der Waals surface area contributed by atoms with Gasteiger partial charge in [0.05, 0.1) is 33.5 Å². The lowest BCUT2D eigenvalue weighted by Gasteiger charge is -2.25. The van der Waals surface area contributed by atoms with Crippen LogP contribution in [0.1, 0.15) is 17.0 Å². The van der Waals surface area contributed by atoms with Gasteiger partial charge in [-0.25, -0.2) is 4.39 Å². The highest BCUT2D eigenvalue weighted by Gasteiger charge is 2.27. The number of halogens is 2. The summed E-state index contributed by atoms with van der Waals surface area (Å²) in [6.45, 7) is 0.151. The van der Waals surface area contributed by atoms with Crippen LogP contribution in [-0.2, 0) is 6.42 Å². The Morgan fingerprint density at radius 2 is 1.50 bits per heavy atom. The van der Waals surface area contributed by atoms with Gasteiger partial charge in [0, 0.05) is 18.5 Å². The van der Waals surface area contributed by atoms with Gasteiger partial charge in [-0.2, -0.15) is 0 Å². The van der Waals surface area contributed by atoms with E-state index < -0.39 is 17.8 Å². The molecule has 0 spiro atoms. The number of rotatable bonds is 9. The minimum Gasteiger partial charge on any atom is -0.493 e. The van der Waals surface area contributed by atoms with Crippen LogP contribution in [0, 0.1) is 5.82 Å². The molecule has 2 rings (SSSR count). The van der Waals surface area contributed by atoms with Crippen LogP contribution in [0.5, 0.6) is 23.0 Å². The molecule has 2 atom stereocenters. The van der Waals surface area contributed by atoms with Crippen molar-refractivity contribution in [3.63, 3.8) is 0 Å². The molecule has 2 unspecified atom stereocenters. The van der Waals surface area contributed by atoms with E-state index in [1.165, 1.54) is 28.4 Å². The van der Waals surface area contributed by atoms with Crippen LogP contribution in [0.3, 0.4) is 0 Å². The van der Waals surface area contributed by atoms with Crippen molar-refractivity contribution in [1.29, 1.82) is 0 Å². The van der Waals surface area contributed by atoms with Gasteiger partial charge in [-0.3, -0.25) is 0 Å². The molecule has 0 aliphatic heterocycles. The van der Waals surface area contributed by atoms with E-state index in [9.17, 15) is 4.39 Å². The number of nitrogens with two attached hydrogens (primary N) is 2. The number of benzene rings is 2. The summed E-state index contributed by atoms with van der Waals surface area (Å²) >= 11 is 6.45. The minimum absolute atomic E-state index is 0.0230. The topological polar surface area (TPSA) is 89.0 Å². The molecule has 0 aliphatic carbocycles. The lowest BCUT2D eigenvalue weighted by atomic mass is 9.87. The van der Waals surface area contributed by atoms with E-state index in [4.69, 9.17) is 42.0 Å². The molecule has 0 aliphatic rings. The van der Waals surface area contributed by atoms with E-state index in [0.717, 1.165) is 5.56 Å². The Morgan fingerprint density at radius 3 is 2.04 bits per heavy atom. The van der Waals surface area contributed by atoms with Crippen molar-refractivity contribution in [2.24, 2.45) is 11.5 Å². The van der Waals surface area contributed by atoms with Crippen LogP contribution in [0.2, 0.25) is 5.02 Å². The van der Waals surface area contributed by atoms with E-state index in [2.05, 4.69) is 0 Å². The Bertz CT molecular complexity index is 819. The average Bonchev–Trinajstić information content (AvgIpc) is 2.70. The van der Waals surface area contributed by atoms with E-state index in [0.29, 0.717) is 34.3 Å². The average molecular weight is 413 g/mol. The van der Waals surface area contributed by atoms with Gasteiger partial charge < -0.3 is 30.4 Å². The van der Waals surface area contributed by atoms with Gasteiger partial charge in [-0.1, -0.05) is 23.7 Å². The van der Waals surface area contributed by atoms with Gasteiger partial charge in [0.15, 0.2) is 28.8 Å². The zero-order valence-electron chi connectivity index (χ0n) is 16.4. The van der Waals surface area contributed by atoms with Crippen molar-refractivity contribution in [2.75, 3.05) is 35.0 Å². The van der Waals surface area contributed by atoms with Crippen molar-refractivity contribution >= 4 is 11.6 Å². The molecule has 0 aromatic heterocycles. The Labute approximate surface area is 169 Å². The lowest BCUT2D eigenvalue weighted by molar-refractivity contribution is 0.333. The molecule has 8 heteroatoms. The first-order valence-electron chi connectivity index (χ1n) is 8.68. The summed E-state index contributed by atoms with van der Waals surface area (Å²) in [6.07, 6.45) is 0.370. The highest BCUT2D eigenvalue weighted by molar-refractivity contribution is 6.33. The Morgan fingerprint density at radius 1 is 0.929 bits per heavy atom. The van der Waals surface area contributed by atoms with Crippen molar-refractivity contribution < 1.29 is 23.3 Å². The highest BCUT2D eigenvalue weighted by Crippen LogP contribution is 2.39. The molecule has 0 saturated heterocycles. The molecule has 0 heterocycles. The highest BCUT2D eigenvalue weighted by atomic mass is 35.5. The molecule has 28 heavy (non-hydrogen) atoms. The quantitative estimate of drug-likeness (QED) is 0.657. The zero-order valence-corrected chi connectivity index (χ0v) is 17.2. The van der Waals surface area contributed by atoms with Gasteiger partial charge >= 0.3 is 0 Å². The summed E-state index contributed by atoms with van der Waals surface area (Å²) in [5.41, 5.74) is 13.5. The van der Waals surface area contributed by atoms with E-state index in [-0.39, 0.29) is 12.3 Å². The van der Waals surface area contributed by atoms with Crippen LogP contribution >= 0.6 is 11.6 Å². The second-order valence-corrected chi connectivity index (χ2v) is 6.57.